The van der Waals surface area contributed by atoms with Gasteiger partial charge < -0.3 is 15.0 Å². The molecule has 0 spiro atoms. The van der Waals surface area contributed by atoms with Gasteiger partial charge in [0.05, 0.1) is 17.7 Å². The van der Waals surface area contributed by atoms with Crippen molar-refractivity contribution in [2.45, 2.75) is 38.7 Å². The molecule has 2 saturated heterocycles. The fourth-order valence-electron chi connectivity index (χ4n) is 3.89. The van der Waals surface area contributed by atoms with Crippen LogP contribution in [0.5, 0.6) is 0 Å². The monoisotopic (exact) mass is 414 g/mol. The van der Waals surface area contributed by atoms with Crippen molar-refractivity contribution in [1.82, 2.24) is 20.2 Å². The molecule has 2 atom stereocenters. The Balaban J connectivity index is 1.39. The minimum Gasteiger partial charge on any atom is -0.376 e. The molecule has 0 bridgehead atoms. The van der Waals surface area contributed by atoms with E-state index >= 15 is 0 Å². The number of carbonyl (C=O) groups excluding carboxylic acids is 2. The summed E-state index contributed by atoms with van der Waals surface area (Å²) in [6.07, 6.45) is 7.29. The first-order valence-electron chi connectivity index (χ1n) is 10.2. The summed E-state index contributed by atoms with van der Waals surface area (Å²) in [6.45, 7) is 4.33. The molecule has 8 heteroatoms. The number of aryl methyl sites for hydroxylation is 1. The molecule has 0 saturated carbocycles. The number of likely N-dealkylation sites (tertiary alicyclic amines) is 1. The number of ether oxygens (including phenoxy) is 1. The Morgan fingerprint density at radius 3 is 3.00 bits per heavy atom. The molecule has 0 aliphatic carbocycles. The van der Waals surface area contributed by atoms with E-state index in [9.17, 15) is 9.59 Å². The van der Waals surface area contributed by atoms with Crippen LogP contribution >= 0.6 is 11.3 Å². The van der Waals surface area contributed by atoms with Crippen LogP contribution in [0.2, 0.25) is 0 Å². The van der Waals surface area contributed by atoms with Gasteiger partial charge in [0.15, 0.2) is 0 Å². The lowest BCUT2D eigenvalue weighted by Gasteiger charge is -2.32. The Bertz CT molecular complexity index is 864. The largest absolute Gasteiger partial charge is 0.376 e. The highest BCUT2D eigenvalue weighted by Gasteiger charge is 2.31. The van der Waals surface area contributed by atoms with E-state index in [1.807, 2.05) is 19.1 Å². The van der Waals surface area contributed by atoms with E-state index in [0.29, 0.717) is 24.5 Å². The molecule has 0 radical (unpaired) electrons. The molecule has 2 unspecified atom stereocenters. The third kappa shape index (κ3) is 4.64. The lowest BCUT2D eigenvalue weighted by atomic mass is 9.96. The van der Waals surface area contributed by atoms with Crippen molar-refractivity contribution in [2.24, 2.45) is 5.92 Å². The second-order valence-electron chi connectivity index (χ2n) is 7.65. The van der Waals surface area contributed by atoms with Gasteiger partial charge in [-0.25, -0.2) is 4.98 Å². The van der Waals surface area contributed by atoms with Crippen molar-refractivity contribution in [3.63, 3.8) is 0 Å². The first kappa shape index (κ1) is 20.0. The highest BCUT2D eigenvalue weighted by Crippen LogP contribution is 2.29. The Hall–Kier alpha value is -2.32. The highest BCUT2D eigenvalue weighted by atomic mass is 32.1. The van der Waals surface area contributed by atoms with Crippen LogP contribution in [0.3, 0.4) is 0 Å². The normalized spacial score (nSPS) is 21.9. The third-order valence-electron chi connectivity index (χ3n) is 5.51. The molecule has 154 valence electrons. The molecular formula is C21H26N4O3S. The number of pyridine rings is 1. The number of rotatable bonds is 5. The van der Waals surface area contributed by atoms with Crippen molar-refractivity contribution in [1.29, 1.82) is 0 Å². The quantitative estimate of drug-likeness (QED) is 0.813. The summed E-state index contributed by atoms with van der Waals surface area (Å²) in [5.41, 5.74) is 1.63. The summed E-state index contributed by atoms with van der Waals surface area (Å²) >= 11 is 1.39. The second-order valence-corrected chi connectivity index (χ2v) is 8.64. The fraction of sp³-hybridized carbons (Fsp3) is 0.524. The number of hydrogen-bond donors (Lipinski definition) is 1. The average Bonchev–Trinajstić information content (AvgIpc) is 3.42. The molecular weight excluding hydrogens is 388 g/mol. The summed E-state index contributed by atoms with van der Waals surface area (Å²) in [5.74, 6) is -0.179. The average molecular weight is 415 g/mol. The first-order chi connectivity index (χ1) is 14.1. The number of hydrogen-bond acceptors (Lipinski definition) is 6. The van der Waals surface area contributed by atoms with Crippen LogP contribution in [0.1, 0.15) is 41.0 Å². The van der Waals surface area contributed by atoms with E-state index in [0.717, 1.165) is 48.6 Å². The van der Waals surface area contributed by atoms with Crippen molar-refractivity contribution < 1.29 is 14.3 Å². The lowest BCUT2D eigenvalue weighted by Crippen LogP contribution is -2.46. The maximum atomic E-state index is 13.1. The van der Waals surface area contributed by atoms with Crippen LogP contribution in [0.4, 0.5) is 0 Å². The molecule has 2 fully saturated rings. The molecule has 4 heterocycles. The van der Waals surface area contributed by atoms with Crippen molar-refractivity contribution >= 4 is 23.2 Å². The highest BCUT2D eigenvalue weighted by molar-refractivity contribution is 7.17. The van der Waals surface area contributed by atoms with E-state index in [1.54, 1.807) is 17.3 Å². The molecule has 0 aromatic carbocycles. The zero-order chi connectivity index (χ0) is 20.2. The first-order valence-corrected chi connectivity index (χ1v) is 11.0. The predicted molar refractivity (Wildman–Crippen MR) is 111 cm³/mol. The Kier molecular flexibility index (Phi) is 6.20. The van der Waals surface area contributed by atoms with Gasteiger partial charge in [0.25, 0.3) is 5.91 Å². The minimum atomic E-state index is -0.167. The molecule has 7 nitrogen and oxygen atoms in total. The van der Waals surface area contributed by atoms with E-state index in [2.05, 4.69) is 15.3 Å². The molecule has 2 amide bonds. The van der Waals surface area contributed by atoms with E-state index in [4.69, 9.17) is 4.74 Å². The number of aromatic nitrogens is 2. The zero-order valence-electron chi connectivity index (χ0n) is 16.6. The number of nitrogens with zero attached hydrogens (tertiary/aromatic N) is 3. The van der Waals surface area contributed by atoms with Crippen LogP contribution in [0.15, 0.2) is 24.5 Å². The number of nitrogens with one attached hydrogen (secondary N) is 1. The summed E-state index contributed by atoms with van der Waals surface area (Å²) in [5, 5.41) is 3.81. The summed E-state index contributed by atoms with van der Waals surface area (Å²) in [6, 6.07) is 3.80. The number of carbonyl (C=O) groups is 2. The van der Waals surface area contributed by atoms with Crippen LogP contribution in [0, 0.1) is 12.8 Å². The molecule has 29 heavy (non-hydrogen) atoms. The maximum absolute atomic E-state index is 13.1. The molecule has 1 N–H and O–H groups in total. The standard InChI is InChI=1S/C21H26N4O3S/c1-14-18(29-20(24-14)15-5-2-8-22-11-15)21(27)25-9-3-6-16(13-25)19(26)23-12-17-7-4-10-28-17/h2,5,8,11,16-17H,3-4,6-7,9-10,12-13H2,1H3,(H,23,26). The number of piperidine rings is 1. The smallest absolute Gasteiger partial charge is 0.265 e. The Morgan fingerprint density at radius 1 is 1.34 bits per heavy atom. The lowest BCUT2D eigenvalue weighted by molar-refractivity contribution is -0.126. The van der Waals surface area contributed by atoms with Crippen LogP contribution in [-0.4, -0.2) is 59.0 Å². The number of thiazole rings is 1. The molecule has 2 aromatic rings. The van der Waals surface area contributed by atoms with E-state index in [-0.39, 0.29) is 23.8 Å². The predicted octanol–water partition coefficient (Wildman–Crippen LogP) is 2.66. The molecule has 2 aliphatic heterocycles. The maximum Gasteiger partial charge on any atom is 0.265 e. The van der Waals surface area contributed by atoms with Gasteiger partial charge in [-0.05, 0) is 44.7 Å². The fourth-order valence-corrected chi connectivity index (χ4v) is 4.92. The van der Waals surface area contributed by atoms with Crippen molar-refractivity contribution in [2.75, 3.05) is 26.2 Å². The third-order valence-corrected chi connectivity index (χ3v) is 6.70. The van der Waals surface area contributed by atoms with Gasteiger partial charge in [-0.2, -0.15) is 0 Å². The van der Waals surface area contributed by atoms with Crippen LogP contribution < -0.4 is 5.32 Å². The second kappa shape index (κ2) is 9.00. The van der Waals surface area contributed by atoms with E-state index in [1.165, 1.54) is 11.3 Å². The Morgan fingerprint density at radius 2 is 2.24 bits per heavy atom. The summed E-state index contributed by atoms with van der Waals surface area (Å²) in [7, 11) is 0. The van der Waals surface area contributed by atoms with Gasteiger partial charge in [0.2, 0.25) is 5.91 Å². The van der Waals surface area contributed by atoms with Crippen LogP contribution in [0.25, 0.3) is 10.6 Å². The van der Waals surface area contributed by atoms with Gasteiger partial charge in [-0.15, -0.1) is 11.3 Å². The number of amides is 2. The summed E-state index contributed by atoms with van der Waals surface area (Å²) < 4.78 is 5.57. The zero-order valence-corrected chi connectivity index (χ0v) is 17.4. The van der Waals surface area contributed by atoms with Gasteiger partial charge in [0, 0.05) is 44.2 Å². The van der Waals surface area contributed by atoms with Gasteiger partial charge in [0.1, 0.15) is 9.88 Å². The Labute approximate surface area is 174 Å². The van der Waals surface area contributed by atoms with Gasteiger partial charge in [-0.3, -0.25) is 14.6 Å². The van der Waals surface area contributed by atoms with Crippen molar-refractivity contribution in [3.05, 3.63) is 35.1 Å². The van der Waals surface area contributed by atoms with Gasteiger partial charge >= 0.3 is 0 Å². The van der Waals surface area contributed by atoms with Crippen molar-refractivity contribution in [3.8, 4) is 10.6 Å². The van der Waals surface area contributed by atoms with Gasteiger partial charge in [-0.1, -0.05) is 0 Å². The molecule has 4 rings (SSSR count). The summed E-state index contributed by atoms with van der Waals surface area (Å²) in [4.78, 5) is 36.9. The van der Waals surface area contributed by atoms with Crippen LogP contribution in [-0.2, 0) is 9.53 Å². The minimum absolute atomic E-state index is 0.0232. The topological polar surface area (TPSA) is 84.4 Å². The molecule has 2 aliphatic rings. The SMILES string of the molecule is Cc1nc(-c2cccnc2)sc1C(=O)N1CCCC(C(=O)NCC2CCCO2)C1. The molecule has 2 aromatic heterocycles. The van der Waals surface area contributed by atoms with E-state index < -0.39 is 0 Å².